The third-order valence-corrected chi connectivity index (χ3v) is 3.51. The Morgan fingerprint density at radius 2 is 2.30 bits per heavy atom. The molecule has 1 amide bonds. The van der Waals surface area contributed by atoms with Gasteiger partial charge in [-0.3, -0.25) is 9.48 Å². The van der Waals surface area contributed by atoms with E-state index in [-0.39, 0.29) is 5.91 Å². The molecule has 5 nitrogen and oxygen atoms in total. The average molecular weight is 270 g/mol. The number of aromatic nitrogens is 2. The number of fused-ring (bicyclic) bond motifs is 1. The molecule has 0 spiro atoms. The van der Waals surface area contributed by atoms with Crippen LogP contribution in [-0.2, 0) is 24.3 Å². The zero-order chi connectivity index (χ0) is 13.9. The van der Waals surface area contributed by atoms with E-state index in [1.54, 1.807) is 0 Å². The molecule has 104 valence electrons. The van der Waals surface area contributed by atoms with Crippen molar-refractivity contribution in [3.05, 3.63) is 41.7 Å². The third-order valence-electron chi connectivity index (χ3n) is 3.51. The number of carbonyl (C=O) groups excluding carboxylic acids is 1. The van der Waals surface area contributed by atoms with Crippen LogP contribution in [0.5, 0.6) is 0 Å². The van der Waals surface area contributed by atoms with Gasteiger partial charge in [-0.15, -0.1) is 0 Å². The van der Waals surface area contributed by atoms with E-state index in [1.165, 1.54) is 5.56 Å². The molecule has 2 aromatic rings. The van der Waals surface area contributed by atoms with E-state index in [9.17, 15) is 4.79 Å². The molecule has 3 rings (SSSR count). The number of carbonyl (C=O) groups is 1. The number of benzene rings is 1. The van der Waals surface area contributed by atoms with Crippen molar-refractivity contribution in [3.8, 4) is 0 Å². The number of hydrogen-bond donors (Lipinski definition) is 2. The molecule has 0 saturated heterocycles. The lowest BCUT2D eigenvalue weighted by Gasteiger charge is -2.17. The first-order valence-corrected chi connectivity index (χ1v) is 6.92. The molecule has 0 saturated carbocycles. The van der Waals surface area contributed by atoms with Crippen LogP contribution in [0.15, 0.2) is 30.6 Å². The van der Waals surface area contributed by atoms with Gasteiger partial charge in [-0.25, -0.2) is 0 Å². The van der Waals surface area contributed by atoms with Crippen LogP contribution < -0.4 is 10.6 Å². The molecular formula is C15H18N4O. The summed E-state index contributed by atoms with van der Waals surface area (Å²) in [4.78, 5) is 11.3. The predicted molar refractivity (Wildman–Crippen MR) is 78.6 cm³/mol. The lowest BCUT2D eigenvalue weighted by molar-refractivity contribution is -0.116. The number of hydrogen-bond acceptors (Lipinski definition) is 3. The van der Waals surface area contributed by atoms with E-state index in [2.05, 4.69) is 28.7 Å². The van der Waals surface area contributed by atoms with Gasteiger partial charge in [0.1, 0.15) is 0 Å². The first kappa shape index (κ1) is 12.7. The van der Waals surface area contributed by atoms with E-state index in [0.29, 0.717) is 6.42 Å². The van der Waals surface area contributed by atoms with Gasteiger partial charge in [-0.05, 0) is 37.1 Å². The smallest absolute Gasteiger partial charge is 0.224 e. The Balaban J connectivity index is 1.67. The minimum absolute atomic E-state index is 0.102. The van der Waals surface area contributed by atoms with Crippen molar-refractivity contribution in [2.24, 2.45) is 0 Å². The van der Waals surface area contributed by atoms with Gasteiger partial charge < -0.3 is 10.6 Å². The van der Waals surface area contributed by atoms with Crippen molar-refractivity contribution >= 4 is 17.3 Å². The monoisotopic (exact) mass is 270 g/mol. The van der Waals surface area contributed by atoms with Crippen molar-refractivity contribution in [1.82, 2.24) is 9.78 Å². The Bertz CT molecular complexity index is 633. The van der Waals surface area contributed by atoms with Gasteiger partial charge in [0.25, 0.3) is 0 Å². The summed E-state index contributed by atoms with van der Waals surface area (Å²) in [5.41, 5.74) is 4.37. The van der Waals surface area contributed by atoms with Crippen molar-refractivity contribution in [3.63, 3.8) is 0 Å². The lowest BCUT2D eigenvalue weighted by atomic mass is 10.0. The SMILES string of the molecule is CCn1cc(CNc2ccc3c(c2)CCC(=O)N3)cn1. The van der Waals surface area contributed by atoms with Crippen molar-refractivity contribution < 1.29 is 4.79 Å². The Morgan fingerprint density at radius 1 is 1.40 bits per heavy atom. The molecule has 0 bridgehead atoms. The first-order valence-electron chi connectivity index (χ1n) is 6.92. The summed E-state index contributed by atoms with van der Waals surface area (Å²) in [6.45, 7) is 3.71. The maximum atomic E-state index is 11.3. The summed E-state index contributed by atoms with van der Waals surface area (Å²) in [5.74, 6) is 0.102. The Kier molecular flexibility index (Phi) is 3.41. The second-order valence-corrected chi connectivity index (χ2v) is 4.98. The van der Waals surface area contributed by atoms with E-state index >= 15 is 0 Å². The van der Waals surface area contributed by atoms with Gasteiger partial charge in [0.2, 0.25) is 5.91 Å². The molecular weight excluding hydrogens is 252 g/mol. The van der Waals surface area contributed by atoms with Crippen LogP contribution in [-0.4, -0.2) is 15.7 Å². The standard InChI is InChI=1S/C15H18N4O/c1-2-19-10-11(9-17-19)8-16-13-4-5-14-12(7-13)3-6-15(20)18-14/h4-5,7,9-10,16H,2-3,6,8H2,1H3,(H,18,20). The molecule has 0 radical (unpaired) electrons. The molecule has 1 aliphatic heterocycles. The van der Waals surface area contributed by atoms with E-state index in [1.807, 2.05) is 29.2 Å². The van der Waals surface area contributed by atoms with Crippen LogP contribution in [0.3, 0.4) is 0 Å². The van der Waals surface area contributed by atoms with Crippen LogP contribution in [0.1, 0.15) is 24.5 Å². The predicted octanol–water partition coefficient (Wildman–Crippen LogP) is 2.40. The lowest BCUT2D eigenvalue weighted by Crippen LogP contribution is -2.18. The van der Waals surface area contributed by atoms with Gasteiger partial charge in [0.05, 0.1) is 6.20 Å². The number of rotatable bonds is 4. The summed E-state index contributed by atoms with van der Waals surface area (Å²) in [5, 5.41) is 10.5. The van der Waals surface area contributed by atoms with Crippen LogP contribution >= 0.6 is 0 Å². The highest BCUT2D eigenvalue weighted by Gasteiger charge is 2.14. The molecule has 0 aliphatic carbocycles. The molecule has 2 heterocycles. The summed E-state index contributed by atoms with van der Waals surface area (Å²) < 4.78 is 1.92. The molecule has 1 aromatic carbocycles. The first-order chi connectivity index (χ1) is 9.74. The maximum Gasteiger partial charge on any atom is 0.224 e. The Hall–Kier alpha value is -2.30. The number of aryl methyl sites for hydroxylation is 2. The fourth-order valence-electron chi connectivity index (χ4n) is 2.37. The van der Waals surface area contributed by atoms with Crippen LogP contribution in [0.25, 0.3) is 0 Å². The molecule has 1 aliphatic rings. The van der Waals surface area contributed by atoms with E-state index < -0.39 is 0 Å². The summed E-state index contributed by atoms with van der Waals surface area (Å²) >= 11 is 0. The van der Waals surface area contributed by atoms with Gasteiger partial charge in [-0.2, -0.15) is 5.10 Å². The second-order valence-electron chi connectivity index (χ2n) is 4.98. The molecule has 1 aromatic heterocycles. The van der Waals surface area contributed by atoms with E-state index in [0.717, 1.165) is 36.4 Å². The zero-order valence-electron chi connectivity index (χ0n) is 11.5. The molecule has 2 N–H and O–H groups in total. The van der Waals surface area contributed by atoms with E-state index in [4.69, 9.17) is 0 Å². The second kappa shape index (κ2) is 5.36. The van der Waals surface area contributed by atoms with Gasteiger partial charge in [0, 0.05) is 42.6 Å². The van der Waals surface area contributed by atoms with Crippen LogP contribution in [0.2, 0.25) is 0 Å². The fraction of sp³-hybridized carbons (Fsp3) is 0.333. The number of amides is 1. The van der Waals surface area contributed by atoms with Crippen molar-refractivity contribution in [2.75, 3.05) is 10.6 Å². The van der Waals surface area contributed by atoms with Crippen molar-refractivity contribution in [2.45, 2.75) is 32.9 Å². The van der Waals surface area contributed by atoms with Crippen LogP contribution in [0.4, 0.5) is 11.4 Å². The average Bonchev–Trinajstić information content (AvgIpc) is 2.93. The van der Waals surface area contributed by atoms with Gasteiger partial charge >= 0.3 is 0 Å². The largest absolute Gasteiger partial charge is 0.381 e. The molecule has 0 unspecified atom stereocenters. The quantitative estimate of drug-likeness (QED) is 0.897. The Morgan fingerprint density at radius 3 is 3.10 bits per heavy atom. The molecule has 0 fully saturated rings. The maximum absolute atomic E-state index is 11.3. The summed E-state index contributed by atoms with van der Waals surface area (Å²) in [6, 6.07) is 6.07. The van der Waals surface area contributed by atoms with Gasteiger partial charge in [-0.1, -0.05) is 0 Å². The normalized spacial score (nSPS) is 13.8. The minimum atomic E-state index is 0.102. The topological polar surface area (TPSA) is 59.0 Å². The zero-order valence-corrected chi connectivity index (χ0v) is 11.5. The number of anilines is 2. The highest BCUT2D eigenvalue weighted by Crippen LogP contribution is 2.25. The fourth-order valence-corrected chi connectivity index (χ4v) is 2.37. The highest BCUT2D eigenvalue weighted by atomic mass is 16.1. The van der Waals surface area contributed by atoms with Crippen molar-refractivity contribution in [1.29, 1.82) is 0 Å². The minimum Gasteiger partial charge on any atom is -0.381 e. The third kappa shape index (κ3) is 2.66. The number of nitrogens with zero attached hydrogens (tertiary/aromatic N) is 2. The Labute approximate surface area is 118 Å². The summed E-state index contributed by atoms with van der Waals surface area (Å²) in [6.07, 6.45) is 5.31. The van der Waals surface area contributed by atoms with Gasteiger partial charge in [0.15, 0.2) is 0 Å². The van der Waals surface area contributed by atoms with Crippen LogP contribution in [0, 0.1) is 0 Å². The molecule has 5 heteroatoms. The molecule has 20 heavy (non-hydrogen) atoms. The molecule has 0 atom stereocenters. The number of nitrogens with one attached hydrogen (secondary N) is 2. The highest BCUT2D eigenvalue weighted by molar-refractivity contribution is 5.94. The summed E-state index contributed by atoms with van der Waals surface area (Å²) in [7, 11) is 0.